The molecule has 4 rings (SSSR count). The first kappa shape index (κ1) is 16.8. The molecule has 1 saturated carbocycles. The lowest BCUT2D eigenvalue weighted by atomic mass is 9.83. The van der Waals surface area contributed by atoms with E-state index < -0.39 is 0 Å². The molecule has 134 valence electrons. The van der Waals surface area contributed by atoms with Gasteiger partial charge in [-0.1, -0.05) is 23.3 Å². The molecule has 1 saturated heterocycles. The molecule has 0 atom stereocenters. The van der Waals surface area contributed by atoms with E-state index in [0.717, 1.165) is 55.2 Å². The highest BCUT2D eigenvalue weighted by atomic mass is 32.2. The molecule has 6 nitrogen and oxygen atoms in total. The summed E-state index contributed by atoms with van der Waals surface area (Å²) in [6.07, 6.45) is 5.93. The maximum atomic E-state index is 5.34. The number of thioether (sulfide) groups is 1. The highest BCUT2D eigenvalue weighted by Crippen LogP contribution is 2.37. The molecule has 7 heteroatoms. The molecule has 2 aromatic heterocycles. The van der Waals surface area contributed by atoms with Crippen LogP contribution in [0.2, 0.25) is 0 Å². The fourth-order valence-electron chi connectivity index (χ4n) is 3.44. The summed E-state index contributed by atoms with van der Waals surface area (Å²) in [5.74, 6) is 2.69. The van der Waals surface area contributed by atoms with Gasteiger partial charge in [0.2, 0.25) is 0 Å². The second-order valence-corrected chi connectivity index (χ2v) is 7.74. The zero-order valence-electron chi connectivity index (χ0n) is 14.9. The Labute approximate surface area is 153 Å². The van der Waals surface area contributed by atoms with Gasteiger partial charge in [0.1, 0.15) is 5.82 Å². The summed E-state index contributed by atoms with van der Waals surface area (Å²) in [6.45, 7) is 6.79. The molecule has 2 fully saturated rings. The van der Waals surface area contributed by atoms with E-state index in [1.165, 1.54) is 25.0 Å². The minimum atomic E-state index is 0.642. The zero-order valence-corrected chi connectivity index (χ0v) is 15.8. The molecular formula is C18H25N5OS. The monoisotopic (exact) mass is 359 g/mol. The predicted octanol–water partition coefficient (Wildman–Crippen LogP) is 3.08. The molecule has 0 amide bonds. The molecule has 1 aliphatic carbocycles. The molecule has 2 aliphatic rings. The molecule has 0 unspecified atom stereocenters. The van der Waals surface area contributed by atoms with Crippen molar-refractivity contribution in [1.82, 2.24) is 20.0 Å². The summed E-state index contributed by atoms with van der Waals surface area (Å²) in [6, 6.07) is 4.24. The number of aromatic nitrogens is 3. The van der Waals surface area contributed by atoms with Crippen molar-refractivity contribution in [1.29, 1.82) is 0 Å². The normalized spacial score (nSPS) is 19.2. The molecule has 0 aromatic carbocycles. The van der Waals surface area contributed by atoms with Crippen molar-refractivity contribution in [3.63, 3.8) is 0 Å². The first-order chi connectivity index (χ1) is 12.2. The van der Waals surface area contributed by atoms with Gasteiger partial charge in [0.05, 0.1) is 17.9 Å². The first-order valence-corrected chi connectivity index (χ1v) is 10.3. The largest absolute Gasteiger partial charge is 0.360 e. The Bertz CT molecular complexity index is 722. The maximum Gasteiger partial charge on any atom is 0.189 e. The third-order valence-electron chi connectivity index (χ3n) is 5.17. The first-order valence-electron chi connectivity index (χ1n) is 9.04. The number of aryl methyl sites for hydroxylation is 1. The van der Waals surface area contributed by atoms with Crippen molar-refractivity contribution in [2.75, 3.05) is 37.3 Å². The summed E-state index contributed by atoms with van der Waals surface area (Å²) in [7, 11) is 0. The molecule has 3 heterocycles. The lowest BCUT2D eigenvalue weighted by Crippen LogP contribution is -2.46. The summed E-state index contributed by atoms with van der Waals surface area (Å²) < 4.78 is 5.34. The third kappa shape index (κ3) is 3.82. The average Bonchev–Trinajstić information content (AvgIpc) is 2.98. The summed E-state index contributed by atoms with van der Waals surface area (Å²) in [4.78, 5) is 14.3. The summed E-state index contributed by atoms with van der Waals surface area (Å²) in [5, 5.41) is 4.87. The minimum Gasteiger partial charge on any atom is -0.360 e. The fourth-order valence-corrected chi connectivity index (χ4v) is 3.82. The number of nitrogens with zero attached hydrogens (tertiary/aromatic N) is 5. The number of piperazine rings is 1. The van der Waals surface area contributed by atoms with Crippen LogP contribution in [0.15, 0.2) is 21.8 Å². The molecule has 25 heavy (non-hydrogen) atoms. The predicted molar refractivity (Wildman–Crippen MR) is 99.1 cm³/mol. The number of rotatable bonds is 5. The Kier molecular flexibility index (Phi) is 4.94. The van der Waals surface area contributed by atoms with Crippen LogP contribution in [0.25, 0.3) is 0 Å². The van der Waals surface area contributed by atoms with Crippen LogP contribution in [-0.2, 0) is 6.54 Å². The Morgan fingerprint density at radius 3 is 2.56 bits per heavy atom. The number of anilines is 1. The van der Waals surface area contributed by atoms with E-state index in [1.807, 2.05) is 13.0 Å². The average molecular weight is 359 g/mol. The van der Waals surface area contributed by atoms with Gasteiger partial charge >= 0.3 is 0 Å². The summed E-state index contributed by atoms with van der Waals surface area (Å²) in [5.41, 5.74) is 2.18. The van der Waals surface area contributed by atoms with Crippen LogP contribution in [0, 0.1) is 6.92 Å². The SMILES string of the molecule is CSc1nc(C2CCC2)cc(N2CCN(Cc3cc(C)no3)CC2)n1. The van der Waals surface area contributed by atoms with Gasteiger partial charge in [-0.2, -0.15) is 0 Å². The van der Waals surface area contributed by atoms with E-state index in [9.17, 15) is 0 Å². The lowest BCUT2D eigenvalue weighted by Gasteiger charge is -2.35. The summed E-state index contributed by atoms with van der Waals surface area (Å²) >= 11 is 1.64. The lowest BCUT2D eigenvalue weighted by molar-refractivity contribution is 0.219. The van der Waals surface area contributed by atoms with Crippen LogP contribution in [-0.4, -0.2) is 52.5 Å². The van der Waals surface area contributed by atoms with Gasteiger partial charge in [-0.15, -0.1) is 0 Å². The van der Waals surface area contributed by atoms with Gasteiger partial charge in [-0.3, -0.25) is 4.90 Å². The van der Waals surface area contributed by atoms with Crippen LogP contribution in [0.3, 0.4) is 0 Å². The molecule has 0 N–H and O–H groups in total. The smallest absolute Gasteiger partial charge is 0.189 e. The molecule has 2 aromatic rings. The Hall–Kier alpha value is -1.60. The molecule has 0 spiro atoms. The molecule has 1 aliphatic heterocycles. The minimum absolute atomic E-state index is 0.642. The number of hydrogen-bond donors (Lipinski definition) is 0. The topological polar surface area (TPSA) is 58.3 Å². The van der Waals surface area contributed by atoms with Crippen LogP contribution in [0.4, 0.5) is 5.82 Å². The van der Waals surface area contributed by atoms with Gasteiger partial charge < -0.3 is 9.42 Å². The van der Waals surface area contributed by atoms with E-state index >= 15 is 0 Å². The van der Waals surface area contributed by atoms with Crippen molar-refractivity contribution in [2.45, 2.75) is 43.8 Å². The van der Waals surface area contributed by atoms with Crippen molar-refractivity contribution >= 4 is 17.6 Å². The fraction of sp³-hybridized carbons (Fsp3) is 0.611. The standard InChI is InChI=1S/C18H25N5OS/c1-13-10-15(24-21-13)12-22-6-8-23(9-7-22)17-11-16(14-4-3-5-14)19-18(20-17)25-2/h10-11,14H,3-9,12H2,1-2H3. The van der Waals surface area contributed by atoms with Gasteiger partial charge in [0, 0.05) is 44.2 Å². The van der Waals surface area contributed by atoms with Crippen molar-refractivity contribution in [3.05, 3.63) is 29.3 Å². The van der Waals surface area contributed by atoms with Gasteiger partial charge in [0.25, 0.3) is 0 Å². The van der Waals surface area contributed by atoms with E-state index in [-0.39, 0.29) is 0 Å². The van der Waals surface area contributed by atoms with Crippen LogP contribution >= 0.6 is 11.8 Å². The second kappa shape index (κ2) is 7.33. The van der Waals surface area contributed by atoms with Gasteiger partial charge in [-0.25, -0.2) is 9.97 Å². The maximum absolute atomic E-state index is 5.34. The molecule has 0 radical (unpaired) electrons. The number of hydrogen-bond acceptors (Lipinski definition) is 7. The van der Waals surface area contributed by atoms with Crippen molar-refractivity contribution in [2.24, 2.45) is 0 Å². The van der Waals surface area contributed by atoms with E-state index in [0.29, 0.717) is 5.92 Å². The van der Waals surface area contributed by atoms with E-state index in [4.69, 9.17) is 14.5 Å². The van der Waals surface area contributed by atoms with E-state index in [2.05, 4.69) is 27.3 Å². The van der Waals surface area contributed by atoms with Crippen molar-refractivity contribution < 1.29 is 4.52 Å². The highest BCUT2D eigenvalue weighted by molar-refractivity contribution is 7.98. The molecule has 0 bridgehead atoms. The Morgan fingerprint density at radius 1 is 1.16 bits per heavy atom. The van der Waals surface area contributed by atoms with Crippen LogP contribution in [0.1, 0.15) is 42.3 Å². The zero-order chi connectivity index (χ0) is 17.2. The third-order valence-corrected chi connectivity index (χ3v) is 5.72. The second-order valence-electron chi connectivity index (χ2n) is 6.96. The van der Waals surface area contributed by atoms with Crippen LogP contribution in [0.5, 0.6) is 0 Å². The van der Waals surface area contributed by atoms with Crippen LogP contribution < -0.4 is 4.90 Å². The van der Waals surface area contributed by atoms with Gasteiger partial charge in [0.15, 0.2) is 10.9 Å². The Balaban J connectivity index is 1.41. The highest BCUT2D eigenvalue weighted by Gasteiger charge is 2.25. The quantitative estimate of drug-likeness (QED) is 0.600. The van der Waals surface area contributed by atoms with E-state index in [1.54, 1.807) is 11.8 Å². The molecular weight excluding hydrogens is 334 g/mol. The Morgan fingerprint density at radius 2 is 1.96 bits per heavy atom. The van der Waals surface area contributed by atoms with Gasteiger partial charge in [-0.05, 0) is 26.0 Å². The van der Waals surface area contributed by atoms with Crippen molar-refractivity contribution in [3.8, 4) is 0 Å².